The number of aromatic amines is 1. The van der Waals surface area contributed by atoms with E-state index in [1.54, 1.807) is 30.3 Å². The SMILES string of the molecule is Cc1ccc(S(=O)(=O)Nc2ccc3nc(C(C(=O)c4ccccc4)=C(O)c4cc(F)cc(F)c4)[nH]c3c2)cc1. The second-order valence-corrected chi connectivity index (χ2v) is 10.5. The summed E-state index contributed by atoms with van der Waals surface area (Å²) in [5.41, 5.74) is 1.50. The van der Waals surface area contributed by atoms with Crippen LogP contribution < -0.4 is 4.72 Å². The molecule has 0 spiro atoms. The first-order valence-electron chi connectivity index (χ1n) is 11.7. The van der Waals surface area contributed by atoms with Gasteiger partial charge in [-0.05, 0) is 49.4 Å². The Morgan fingerprint density at radius 2 is 1.54 bits per heavy atom. The number of hydrogen-bond donors (Lipinski definition) is 3. The number of allylic oxidation sites excluding steroid dienone is 1. The fourth-order valence-electron chi connectivity index (χ4n) is 4.02. The summed E-state index contributed by atoms with van der Waals surface area (Å²) in [7, 11) is -3.87. The average Bonchev–Trinajstić information content (AvgIpc) is 3.31. The molecule has 0 fully saturated rings. The van der Waals surface area contributed by atoms with Crippen LogP contribution in [0.5, 0.6) is 0 Å². The molecule has 4 aromatic carbocycles. The quantitative estimate of drug-likeness (QED) is 0.127. The molecule has 0 aliphatic rings. The lowest BCUT2D eigenvalue weighted by Gasteiger charge is -2.09. The predicted octanol–water partition coefficient (Wildman–Crippen LogP) is 6.26. The van der Waals surface area contributed by atoms with Crippen molar-refractivity contribution in [1.82, 2.24) is 9.97 Å². The van der Waals surface area contributed by atoms with Crippen molar-refractivity contribution in [2.24, 2.45) is 0 Å². The number of aliphatic hydroxyl groups excluding tert-OH is 1. The molecule has 0 aliphatic heterocycles. The molecule has 0 radical (unpaired) electrons. The Morgan fingerprint density at radius 3 is 2.21 bits per heavy atom. The predicted molar refractivity (Wildman–Crippen MR) is 145 cm³/mol. The number of ketones is 1. The summed E-state index contributed by atoms with van der Waals surface area (Å²) in [6, 6.07) is 21.4. The van der Waals surface area contributed by atoms with Crippen molar-refractivity contribution >= 4 is 43.9 Å². The van der Waals surface area contributed by atoms with Gasteiger partial charge in [-0.3, -0.25) is 9.52 Å². The number of anilines is 1. The van der Waals surface area contributed by atoms with E-state index < -0.39 is 33.2 Å². The normalized spacial score (nSPS) is 12.3. The van der Waals surface area contributed by atoms with Gasteiger partial charge in [0.2, 0.25) is 5.78 Å². The first-order valence-corrected chi connectivity index (χ1v) is 13.2. The number of fused-ring (bicyclic) bond motifs is 1. The van der Waals surface area contributed by atoms with Crippen LogP contribution in [0.2, 0.25) is 0 Å². The van der Waals surface area contributed by atoms with Crippen LogP contribution in [0.1, 0.15) is 27.3 Å². The Balaban J connectivity index is 1.59. The van der Waals surface area contributed by atoms with Crippen molar-refractivity contribution in [2.75, 3.05) is 4.72 Å². The van der Waals surface area contributed by atoms with E-state index in [0.29, 0.717) is 17.1 Å². The van der Waals surface area contributed by atoms with Gasteiger partial charge in [-0.25, -0.2) is 22.2 Å². The van der Waals surface area contributed by atoms with E-state index in [2.05, 4.69) is 14.7 Å². The molecular weight excluding hydrogens is 524 g/mol. The molecule has 0 saturated heterocycles. The van der Waals surface area contributed by atoms with E-state index in [1.165, 1.54) is 42.5 Å². The maximum Gasteiger partial charge on any atom is 0.261 e. The van der Waals surface area contributed by atoms with Gasteiger partial charge < -0.3 is 10.1 Å². The zero-order valence-electron chi connectivity index (χ0n) is 20.4. The zero-order valence-corrected chi connectivity index (χ0v) is 21.3. The topological polar surface area (TPSA) is 112 Å². The number of aromatic nitrogens is 2. The Labute approximate surface area is 222 Å². The molecule has 0 unspecified atom stereocenters. The molecule has 196 valence electrons. The van der Waals surface area contributed by atoms with Gasteiger partial charge >= 0.3 is 0 Å². The lowest BCUT2D eigenvalue weighted by molar-refractivity contribution is 0.105. The van der Waals surface area contributed by atoms with Gasteiger partial charge in [0, 0.05) is 17.2 Å². The standard InChI is InChI=1S/C29H21F2N3O4S/c1-17-7-10-23(11-8-17)39(37,38)34-22-9-12-24-25(16-22)33-29(32-24)26(27(35)18-5-3-2-4-6-18)28(36)19-13-20(30)15-21(31)14-19/h2-16,34,36H,1H3,(H,32,33). The second kappa shape index (κ2) is 10.1. The molecule has 0 saturated carbocycles. The Kier molecular flexibility index (Phi) is 6.71. The van der Waals surface area contributed by atoms with E-state index in [9.17, 15) is 27.1 Å². The van der Waals surface area contributed by atoms with Gasteiger partial charge in [0.15, 0.2) is 0 Å². The van der Waals surface area contributed by atoms with Crippen molar-refractivity contribution < 1.29 is 27.1 Å². The Bertz CT molecular complexity index is 1830. The van der Waals surface area contributed by atoms with Crippen molar-refractivity contribution in [2.45, 2.75) is 11.8 Å². The summed E-state index contributed by atoms with van der Waals surface area (Å²) in [5, 5.41) is 11.1. The third kappa shape index (κ3) is 5.41. The van der Waals surface area contributed by atoms with Gasteiger partial charge in [0.05, 0.1) is 21.6 Å². The van der Waals surface area contributed by atoms with Gasteiger partial charge in [0.1, 0.15) is 28.8 Å². The minimum Gasteiger partial charge on any atom is -0.506 e. The summed E-state index contributed by atoms with van der Waals surface area (Å²) in [4.78, 5) is 20.9. The maximum absolute atomic E-state index is 13.9. The van der Waals surface area contributed by atoms with Gasteiger partial charge in [-0.15, -0.1) is 0 Å². The van der Waals surface area contributed by atoms with Crippen molar-refractivity contribution in [3.8, 4) is 0 Å². The summed E-state index contributed by atoms with van der Waals surface area (Å²) in [6.07, 6.45) is 0. The molecule has 0 bridgehead atoms. The number of benzene rings is 4. The van der Waals surface area contributed by atoms with E-state index in [-0.39, 0.29) is 33.1 Å². The molecule has 0 aliphatic carbocycles. The number of hydrogen-bond acceptors (Lipinski definition) is 5. The van der Waals surface area contributed by atoms with Gasteiger partial charge in [0.25, 0.3) is 10.0 Å². The number of carbonyl (C=O) groups excluding carboxylic acids is 1. The number of nitrogens with zero attached hydrogens (tertiary/aromatic N) is 1. The van der Waals surface area contributed by atoms with Gasteiger partial charge in [-0.2, -0.15) is 0 Å². The number of Topliss-reactive ketones (excluding diaryl/α,β-unsaturated/α-hetero) is 1. The molecule has 5 aromatic rings. The number of halogens is 2. The molecule has 1 heterocycles. The molecule has 0 atom stereocenters. The van der Waals surface area contributed by atoms with Gasteiger partial charge in [-0.1, -0.05) is 48.0 Å². The fourth-order valence-corrected chi connectivity index (χ4v) is 5.07. The summed E-state index contributed by atoms with van der Waals surface area (Å²) in [5.74, 6) is -3.25. The van der Waals surface area contributed by atoms with E-state index in [1.807, 2.05) is 6.92 Å². The highest BCUT2D eigenvalue weighted by molar-refractivity contribution is 7.92. The molecule has 5 rings (SSSR count). The minimum atomic E-state index is -3.87. The molecule has 39 heavy (non-hydrogen) atoms. The number of imidazole rings is 1. The van der Waals surface area contributed by atoms with E-state index in [4.69, 9.17) is 0 Å². The zero-order chi connectivity index (χ0) is 27.7. The smallest absolute Gasteiger partial charge is 0.261 e. The number of nitrogens with one attached hydrogen (secondary N) is 2. The highest BCUT2D eigenvalue weighted by Crippen LogP contribution is 2.30. The average molecular weight is 546 g/mol. The fraction of sp³-hybridized carbons (Fsp3) is 0.0345. The molecular formula is C29H21F2N3O4S. The van der Waals surface area contributed by atoms with Crippen LogP contribution in [0.3, 0.4) is 0 Å². The van der Waals surface area contributed by atoms with Crippen LogP contribution in [0.15, 0.2) is 95.9 Å². The second-order valence-electron chi connectivity index (χ2n) is 8.81. The van der Waals surface area contributed by atoms with Crippen LogP contribution in [0.25, 0.3) is 22.4 Å². The molecule has 3 N–H and O–H groups in total. The van der Waals surface area contributed by atoms with Crippen LogP contribution in [-0.2, 0) is 10.0 Å². The number of sulfonamides is 1. The lowest BCUT2D eigenvalue weighted by Crippen LogP contribution is -2.12. The first kappa shape index (κ1) is 25.8. The summed E-state index contributed by atoms with van der Waals surface area (Å²) >= 11 is 0. The largest absolute Gasteiger partial charge is 0.506 e. The van der Waals surface area contributed by atoms with Crippen LogP contribution >= 0.6 is 0 Å². The number of H-pyrrole nitrogens is 1. The third-order valence-corrected chi connectivity index (χ3v) is 7.34. The highest BCUT2D eigenvalue weighted by atomic mass is 32.2. The lowest BCUT2D eigenvalue weighted by atomic mass is 9.98. The molecule has 10 heteroatoms. The van der Waals surface area contributed by atoms with Crippen LogP contribution in [0, 0.1) is 18.6 Å². The number of rotatable bonds is 7. The first-order chi connectivity index (χ1) is 18.6. The Hall–Kier alpha value is -4.83. The molecule has 0 amide bonds. The molecule has 7 nitrogen and oxygen atoms in total. The number of aliphatic hydroxyl groups is 1. The molecule has 1 aromatic heterocycles. The Morgan fingerprint density at radius 1 is 0.872 bits per heavy atom. The summed E-state index contributed by atoms with van der Waals surface area (Å²) < 4.78 is 56.0. The third-order valence-electron chi connectivity index (χ3n) is 5.94. The number of aryl methyl sites for hydroxylation is 1. The van der Waals surface area contributed by atoms with E-state index in [0.717, 1.165) is 17.7 Å². The van der Waals surface area contributed by atoms with Crippen molar-refractivity contribution in [3.05, 3.63) is 125 Å². The highest BCUT2D eigenvalue weighted by Gasteiger charge is 2.24. The minimum absolute atomic E-state index is 0.0698. The van der Waals surface area contributed by atoms with Crippen LogP contribution in [-0.4, -0.2) is 29.3 Å². The monoisotopic (exact) mass is 545 g/mol. The summed E-state index contributed by atoms with van der Waals surface area (Å²) in [6.45, 7) is 1.85. The van der Waals surface area contributed by atoms with E-state index >= 15 is 0 Å². The maximum atomic E-state index is 13.9. The van der Waals surface area contributed by atoms with Crippen molar-refractivity contribution in [1.29, 1.82) is 0 Å². The number of carbonyl (C=O) groups is 1. The van der Waals surface area contributed by atoms with Crippen LogP contribution in [0.4, 0.5) is 14.5 Å². The van der Waals surface area contributed by atoms with Crippen molar-refractivity contribution in [3.63, 3.8) is 0 Å².